The number of sulfonamides is 1. The Labute approximate surface area is 154 Å². The highest BCUT2D eigenvalue weighted by atomic mass is 79.9. The molecule has 1 fully saturated rings. The highest BCUT2D eigenvalue weighted by Crippen LogP contribution is 2.28. The maximum absolute atomic E-state index is 12.8. The first-order valence-electron chi connectivity index (χ1n) is 7.72. The molecule has 0 radical (unpaired) electrons. The van der Waals surface area contributed by atoms with Crippen molar-refractivity contribution in [1.82, 2.24) is 14.3 Å². The third-order valence-electron chi connectivity index (χ3n) is 3.79. The number of hydrogen-bond donors (Lipinski definition) is 0. The monoisotopic (exact) mass is 431 g/mol. The van der Waals surface area contributed by atoms with Crippen LogP contribution in [-0.2, 0) is 16.4 Å². The van der Waals surface area contributed by atoms with E-state index in [1.165, 1.54) is 15.6 Å². The van der Waals surface area contributed by atoms with E-state index in [0.29, 0.717) is 17.3 Å². The van der Waals surface area contributed by atoms with Crippen molar-refractivity contribution < 1.29 is 13.2 Å². The Morgan fingerprint density at radius 1 is 1.38 bits per heavy atom. The first-order valence-corrected chi connectivity index (χ1v) is 10.8. The fourth-order valence-corrected chi connectivity index (χ4v) is 5.71. The van der Waals surface area contributed by atoms with Gasteiger partial charge < -0.3 is 4.74 Å². The number of ether oxygens (including phenoxy) is 1. The molecular formula is C15H18BrN3O3S2. The van der Waals surface area contributed by atoms with Crippen LogP contribution in [0.15, 0.2) is 33.2 Å². The van der Waals surface area contributed by atoms with Crippen LogP contribution in [0, 0.1) is 0 Å². The Kier molecular flexibility index (Phi) is 5.53. The summed E-state index contributed by atoms with van der Waals surface area (Å²) in [6.07, 6.45) is 5.37. The molecule has 3 heterocycles. The number of thiophene rings is 1. The highest BCUT2D eigenvalue weighted by Gasteiger charge is 2.32. The zero-order valence-electron chi connectivity index (χ0n) is 13.2. The molecule has 1 aliphatic rings. The van der Waals surface area contributed by atoms with E-state index in [2.05, 4.69) is 25.9 Å². The van der Waals surface area contributed by atoms with E-state index < -0.39 is 10.0 Å². The predicted molar refractivity (Wildman–Crippen MR) is 95.8 cm³/mol. The molecule has 1 saturated heterocycles. The first-order chi connectivity index (χ1) is 11.5. The van der Waals surface area contributed by atoms with Crippen molar-refractivity contribution in [2.45, 2.75) is 36.5 Å². The van der Waals surface area contributed by atoms with Crippen molar-refractivity contribution in [2.75, 3.05) is 13.1 Å². The highest BCUT2D eigenvalue weighted by molar-refractivity contribution is 9.10. The topological polar surface area (TPSA) is 72.4 Å². The maximum Gasteiger partial charge on any atom is 0.316 e. The molecule has 0 spiro atoms. The quantitative estimate of drug-likeness (QED) is 0.726. The van der Waals surface area contributed by atoms with Gasteiger partial charge in [0.25, 0.3) is 10.0 Å². The second-order valence-corrected chi connectivity index (χ2v) is 9.75. The molecule has 130 valence electrons. The second-order valence-electron chi connectivity index (χ2n) is 5.50. The van der Waals surface area contributed by atoms with Crippen molar-refractivity contribution in [2.24, 2.45) is 0 Å². The molecule has 0 bridgehead atoms. The molecule has 0 saturated carbocycles. The molecule has 1 atom stereocenters. The van der Waals surface area contributed by atoms with Gasteiger partial charge in [0.15, 0.2) is 0 Å². The van der Waals surface area contributed by atoms with Crippen LogP contribution in [0.5, 0.6) is 6.01 Å². The number of nitrogens with zero attached hydrogens (tertiary/aromatic N) is 3. The molecule has 3 rings (SSSR count). The average molecular weight is 432 g/mol. The number of aryl methyl sites for hydroxylation is 1. The molecule has 6 nitrogen and oxygen atoms in total. The van der Waals surface area contributed by atoms with E-state index in [1.807, 2.05) is 13.0 Å². The van der Waals surface area contributed by atoms with Gasteiger partial charge in [-0.1, -0.05) is 6.92 Å². The SMILES string of the molecule is CCc1ccc(S(=O)(=O)N2CCCC(Oc3ncc(Br)cn3)C2)s1. The summed E-state index contributed by atoms with van der Waals surface area (Å²) in [7, 11) is -3.46. The molecule has 0 aromatic carbocycles. The molecule has 0 N–H and O–H groups in total. The van der Waals surface area contributed by atoms with Gasteiger partial charge in [-0.3, -0.25) is 0 Å². The Morgan fingerprint density at radius 3 is 2.79 bits per heavy atom. The number of hydrogen-bond acceptors (Lipinski definition) is 6. The summed E-state index contributed by atoms with van der Waals surface area (Å²) in [5, 5.41) is 0. The molecule has 1 unspecified atom stereocenters. The molecule has 0 aliphatic carbocycles. The summed E-state index contributed by atoms with van der Waals surface area (Å²) in [4.78, 5) is 9.24. The standard InChI is InChI=1S/C15H18BrN3O3S2/c1-2-13-5-6-14(23-13)24(20,21)19-7-3-4-12(10-19)22-15-17-8-11(16)9-18-15/h5-6,8-9,12H,2-4,7,10H2,1H3. The molecule has 0 amide bonds. The van der Waals surface area contributed by atoms with Crippen LogP contribution in [-0.4, -0.2) is 41.9 Å². The minimum Gasteiger partial charge on any atom is -0.459 e. The Hall–Kier alpha value is -1.03. The lowest BCUT2D eigenvalue weighted by Gasteiger charge is -2.31. The van der Waals surface area contributed by atoms with Gasteiger partial charge in [-0.05, 0) is 47.3 Å². The first kappa shape index (κ1) is 17.8. The minimum atomic E-state index is -3.46. The lowest BCUT2D eigenvalue weighted by molar-refractivity contribution is 0.119. The van der Waals surface area contributed by atoms with Crippen LogP contribution in [0.2, 0.25) is 0 Å². The molecule has 2 aromatic heterocycles. The summed E-state index contributed by atoms with van der Waals surface area (Å²) in [6, 6.07) is 3.85. The molecular weight excluding hydrogens is 414 g/mol. The van der Waals surface area contributed by atoms with Gasteiger partial charge in [-0.15, -0.1) is 11.3 Å². The molecule has 24 heavy (non-hydrogen) atoms. The summed E-state index contributed by atoms with van der Waals surface area (Å²) in [5.41, 5.74) is 0. The Bertz CT molecular complexity index is 793. The van der Waals surface area contributed by atoms with Gasteiger partial charge in [-0.2, -0.15) is 4.31 Å². The number of piperidine rings is 1. The fourth-order valence-electron chi connectivity index (χ4n) is 2.54. The van der Waals surface area contributed by atoms with Crippen LogP contribution in [0.4, 0.5) is 0 Å². The summed E-state index contributed by atoms with van der Waals surface area (Å²) >= 11 is 4.61. The van der Waals surface area contributed by atoms with Crippen LogP contribution >= 0.6 is 27.3 Å². The summed E-state index contributed by atoms with van der Waals surface area (Å²) in [6.45, 7) is 2.86. The maximum atomic E-state index is 12.8. The van der Waals surface area contributed by atoms with Crippen molar-refractivity contribution in [1.29, 1.82) is 0 Å². The lowest BCUT2D eigenvalue weighted by Crippen LogP contribution is -2.44. The number of halogens is 1. The van der Waals surface area contributed by atoms with Crippen molar-refractivity contribution in [3.05, 3.63) is 33.9 Å². The second kappa shape index (κ2) is 7.47. The largest absolute Gasteiger partial charge is 0.459 e. The van der Waals surface area contributed by atoms with Gasteiger partial charge in [0.05, 0.1) is 11.0 Å². The van der Waals surface area contributed by atoms with Crippen molar-refractivity contribution >= 4 is 37.3 Å². The van der Waals surface area contributed by atoms with Crippen molar-refractivity contribution in [3.63, 3.8) is 0 Å². The van der Waals surface area contributed by atoms with Crippen LogP contribution in [0.3, 0.4) is 0 Å². The Balaban J connectivity index is 1.71. The van der Waals surface area contributed by atoms with Crippen LogP contribution < -0.4 is 4.74 Å². The number of aromatic nitrogens is 2. The third-order valence-corrected chi connectivity index (χ3v) is 7.76. The van der Waals surface area contributed by atoms with E-state index in [0.717, 1.165) is 28.6 Å². The van der Waals surface area contributed by atoms with E-state index >= 15 is 0 Å². The zero-order valence-corrected chi connectivity index (χ0v) is 16.4. The van der Waals surface area contributed by atoms with Crippen LogP contribution in [0.1, 0.15) is 24.6 Å². The van der Waals surface area contributed by atoms with Crippen molar-refractivity contribution in [3.8, 4) is 6.01 Å². The van der Waals surface area contributed by atoms with Crippen LogP contribution in [0.25, 0.3) is 0 Å². The smallest absolute Gasteiger partial charge is 0.316 e. The minimum absolute atomic E-state index is 0.236. The van der Waals surface area contributed by atoms with E-state index in [9.17, 15) is 8.42 Å². The molecule has 2 aromatic rings. The fraction of sp³-hybridized carbons (Fsp3) is 0.467. The number of rotatable bonds is 5. The zero-order chi connectivity index (χ0) is 17.2. The van der Waals surface area contributed by atoms with Gasteiger partial charge in [0.1, 0.15) is 10.3 Å². The van der Waals surface area contributed by atoms with E-state index in [-0.39, 0.29) is 12.1 Å². The predicted octanol–water partition coefficient (Wildman–Crippen LogP) is 3.10. The van der Waals surface area contributed by atoms with E-state index in [1.54, 1.807) is 18.5 Å². The summed E-state index contributed by atoms with van der Waals surface area (Å²) in [5.74, 6) is 0. The Morgan fingerprint density at radius 2 is 2.12 bits per heavy atom. The van der Waals surface area contributed by atoms with E-state index in [4.69, 9.17) is 4.74 Å². The van der Waals surface area contributed by atoms with Gasteiger partial charge in [0, 0.05) is 23.8 Å². The van der Waals surface area contributed by atoms with Gasteiger partial charge in [-0.25, -0.2) is 18.4 Å². The van der Waals surface area contributed by atoms with Gasteiger partial charge >= 0.3 is 6.01 Å². The molecule has 1 aliphatic heterocycles. The third kappa shape index (κ3) is 3.96. The normalized spacial score (nSPS) is 19.3. The lowest BCUT2D eigenvalue weighted by atomic mass is 10.1. The van der Waals surface area contributed by atoms with Gasteiger partial charge in [0.2, 0.25) is 0 Å². The molecule has 9 heteroatoms. The average Bonchev–Trinajstić information content (AvgIpc) is 3.07. The summed E-state index contributed by atoms with van der Waals surface area (Å²) < 4.78 is 34.0.